The molecule has 3 heteroatoms. The molecule has 56 valence electrons. The van der Waals surface area contributed by atoms with Gasteiger partial charge < -0.3 is 10.1 Å². The van der Waals surface area contributed by atoms with Gasteiger partial charge in [0, 0.05) is 13.2 Å². The molecule has 2 nitrogen and oxygen atoms in total. The highest BCUT2D eigenvalue weighted by Gasteiger charge is 2.13. The number of likely N-dealkylation sites (N-methyl/N-ethyl adjacent to an activating group) is 1. The summed E-state index contributed by atoms with van der Waals surface area (Å²) in [6.07, 6.45) is -0.310. The summed E-state index contributed by atoms with van der Waals surface area (Å²) in [4.78, 5) is 0. The van der Waals surface area contributed by atoms with Crippen LogP contribution in [0.25, 0.3) is 0 Å². The standard InChI is InChI=1S/C6H14FNO/c1-5(8-2)6(4-7)9-3/h5-6,8H,4H2,1-3H3. The highest BCUT2D eigenvalue weighted by molar-refractivity contribution is 4.68. The summed E-state index contributed by atoms with van der Waals surface area (Å²) < 4.78 is 16.7. The highest BCUT2D eigenvalue weighted by Crippen LogP contribution is 1.96. The van der Waals surface area contributed by atoms with Gasteiger partial charge in [-0.3, -0.25) is 0 Å². The molecule has 0 aliphatic heterocycles. The van der Waals surface area contributed by atoms with Crippen LogP contribution < -0.4 is 5.32 Å². The minimum Gasteiger partial charge on any atom is -0.377 e. The molecule has 0 saturated heterocycles. The van der Waals surface area contributed by atoms with E-state index in [1.807, 2.05) is 6.92 Å². The van der Waals surface area contributed by atoms with Gasteiger partial charge in [-0.05, 0) is 14.0 Å². The van der Waals surface area contributed by atoms with E-state index in [0.29, 0.717) is 0 Å². The Kier molecular flexibility index (Phi) is 4.62. The molecule has 0 heterocycles. The van der Waals surface area contributed by atoms with Gasteiger partial charge in [0.1, 0.15) is 12.8 Å². The van der Waals surface area contributed by atoms with Crippen LogP contribution in [0, 0.1) is 0 Å². The fourth-order valence-electron chi connectivity index (χ4n) is 0.587. The van der Waals surface area contributed by atoms with Crippen LogP contribution in [-0.4, -0.2) is 33.0 Å². The molecule has 0 rings (SSSR count). The van der Waals surface area contributed by atoms with Crippen LogP contribution in [0.4, 0.5) is 4.39 Å². The van der Waals surface area contributed by atoms with Crippen molar-refractivity contribution in [1.29, 1.82) is 0 Å². The molecule has 0 aromatic carbocycles. The van der Waals surface area contributed by atoms with Crippen molar-refractivity contribution in [3.63, 3.8) is 0 Å². The molecule has 1 N–H and O–H groups in total. The van der Waals surface area contributed by atoms with Crippen LogP contribution >= 0.6 is 0 Å². The number of nitrogens with one attached hydrogen (secondary N) is 1. The SMILES string of the molecule is CNC(C)C(CF)OC. The van der Waals surface area contributed by atoms with Crippen molar-refractivity contribution < 1.29 is 9.13 Å². The topological polar surface area (TPSA) is 21.3 Å². The lowest BCUT2D eigenvalue weighted by Crippen LogP contribution is -2.37. The third-order valence-corrected chi connectivity index (χ3v) is 1.47. The van der Waals surface area contributed by atoms with Gasteiger partial charge in [0.2, 0.25) is 0 Å². The quantitative estimate of drug-likeness (QED) is 0.608. The van der Waals surface area contributed by atoms with Crippen molar-refractivity contribution >= 4 is 0 Å². The average Bonchev–Trinajstić information content (AvgIpc) is 1.90. The molecule has 0 aromatic heterocycles. The van der Waals surface area contributed by atoms with Gasteiger partial charge in [-0.2, -0.15) is 0 Å². The van der Waals surface area contributed by atoms with Crippen LogP contribution in [-0.2, 0) is 4.74 Å². The van der Waals surface area contributed by atoms with E-state index in [0.717, 1.165) is 0 Å². The van der Waals surface area contributed by atoms with Gasteiger partial charge in [-0.1, -0.05) is 0 Å². The first-order valence-corrected chi connectivity index (χ1v) is 3.02. The van der Waals surface area contributed by atoms with Gasteiger partial charge in [0.05, 0.1) is 0 Å². The molecule has 9 heavy (non-hydrogen) atoms. The number of halogens is 1. The smallest absolute Gasteiger partial charge is 0.117 e. The van der Waals surface area contributed by atoms with E-state index in [9.17, 15) is 4.39 Å². The lowest BCUT2D eigenvalue weighted by atomic mass is 10.2. The van der Waals surface area contributed by atoms with E-state index < -0.39 is 6.67 Å². The predicted molar refractivity (Wildman–Crippen MR) is 35.3 cm³/mol. The first kappa shape index (κ1) is 8.85. The van der Waals surface area contributed by atoms with Gasteiger partial charge >= 0.3 is 0 Å². The Hall–Kier alpha value is -0.150. The number of hydrogen-bond acceptors (Lipinski definition) is 2. The third-order valence-electron chi connectivity index (χ3n) is 1.47. The zero-order chi connectivity index (χ0) is 7.28. The minimum absolute atomic E-state index is 0.0833. The highest BCUT2D eigenvalue weighted by atomic mass is 19.1. The van der Waals surface area contributed by atoms with Gasteiger partial charge in [0.25, 0.3) is 0 Å². The van der Waals surface area contributed by atoms with E-state index in [2.05, 4.69) is 5.32 Å². The first-order chi connectivity index (χ1) is 4.26. The molecule has 0 fully saturated rings. The Morgan fingerprint density at radius 3 is 2.33 bits per heavy atom. The van der Waals surface area contributed by atoms with E-state index in [-0.39, 0.29) is 12.1 Å². The second-order valence-corrected chi connectivity index (χ2v) is 2.01. The zero-order valence-corrected chi connectivity index (χ0v) is 6.15. The normalized spacial score (nSPS) is 17.3. The lowest BCUT2D eigenvalue weighted by Gasteiger charge is -2.18. The monoisotopic (exact) mass is 135 g/mol. The maximum atomic E-state index is 11.9. The average molecular weight is 135 g/mol. The summed E-state index contributed by atoms with van der Waals surface area (Å²) in [7, 11) is 3.30. The Labute approximate surface area is 55.4 Å². The van der Waals surface area contributed by atoms with Crippen LogP contribution in [0.2, 0.25) is 0 Å². The van der Waals surface area contributed by atoms with Gasteiger partial charge in [-0.25, -0.2) is 4.39 Å². The number of methoxy groups -OCH3 is 1. The van der Waals surface area contributed by atoms with Crippen molar-refractivity contribution in [3.8, 4) is 0 Å². The fraction of sp³-hybridized carbons (Fsp3) is 1.00. The third kappa shape index (κ3) is 2.77. The number of rotatable bonds is 4. The van der Waals surface area contributed by atoms with E-state index in [4.69, 9.17) is 4.74 Å². The molecule has 0 saturated carbocycles. The maximum Gasteiger partial charge on any atom is 0.117 e. The van der Waals surface area contributed by atoms with Crippen molar-refractivity contribution in [1.82, 2.24) is 5.32 Å². The van der Waals surface area contributed by atoms with E-state index in [1.165, 1.54) is 7.11 Å². The summed E-state index contributed by atoms with van der Waals surface area (Å²) in [5, 5.41) is 2.90. The molecule has 0 aliphatic rings. The summed E-state index contributed by atoms with van der Waals surface area (Å²) in [5.41, 5.74) is 0. The molecule has 0 amide bonds. The molecular weight excluding hydrogens is 121 g/mol. The Balaban J connectivity index is 3.50. The number of alkyl halides is 1. The van der Waals surface area contributed by atoms with Crippen LogP contribution in [0.15, 0.2) is 0 Å². The van der Waals surface area contributed by atoms with Crippen LogP contribution in [0.3, 0.4) is 0 Å². The van der Waals surface area contributed by atoms with Crippen LogP contribution in [0.1, 0.15) is 6.92 Å². The largest absolute Gasteiger partial charge is 0.377 e. The molecule has 0 aliphatic carbocycles. The van der Waals surface area contributed by atoms with E-state index in [1.54, 1.807) is 7.05 Å². The molecule has 2 unspecified atom stereocenters. The number of hydrogen-bond donors (Lipinski definition) is 1. The molecule has 2 atom stereocenters. The number of ether oxygens (including phenoxy) is 1. The molecule has 0 bridgehead atoms. The fourth-order valence-corrected chi connectivity index (χ4v) is 0.587. The second-order valence-electron chi connectivity index (χ2n) is 2.01. The van der Waals surface area contributed by atoms with E-state index >= 15 is 0 Å². The lowest BCUT2D eigenvalue weighted by molar-refractivity contribution is 0.0552. The predicted octanol–water partition coefficient (Wildman–Crippen LogP) is 0.579. The van der Waals surface area contributed by atoms with Crippen LogP contribution in [0.5, 0.6) is 0 Å². The van der Waals surface area contributed by atoms with Gasteiger partial charge in [0.15, 0.2) is 0 Å². The van der Waals surface area contributed by atoms with Crippen molar-refractivity contribution in [3.05, 3.63) is 0 Å². The van der Waals surface area contributed by atoms with Gasteiger partial charge in [-0.15, -0.1) is 0 Å². The minimum atomic E-state index is -0.432. The molecule has 0 aromatic rings. The van der Waals surface area contributed by atoms with Crippen molar-refractivity contribution in [2.75, 3.05) is 20.8 Å². The maximum absolute atomic E-state index is 11.9. The Morgan fingerprint density at radius 2 is 2.22 bits per heavy atom. The Morgan fingerprint density at radius 1 is 1.67 bits per heavy atom. The Bertz CT molecular complexity index is 66.1. The summed E-state index contributed by atoms with van der Waals surface area (Å²) >= 11 is 0. The molecule has 0 spiro atoms. The summed E-state index contributed by atoms with van der Waals surface area (Å²) in [5.74, 6) is 0. The first-order valence-electron chi connectivity index (χ1n) is 3.02. The van der Waals surface area contributed by atoms with Crippen molar-refractivity contribution in [2.24, 2.45) is 0 Å². The molecule has 0 radical (unpaired) electrons. The second kappa shape index (κ2) is 4.70. The zero-order valence-electron chi connectivity index (χ0n) is 6.15. The summed E-state index contributed by atoms with van der Waals surface area (Å²) in [6, 6.07) is 0.0833. The summed E-state index contributed by atoms with van der Waals surface area (Å²) in [6.45, 7) is 1.45. The molecular formula is C6H14FNO. The van der Waals surface area contributed by atoms with Crippen molar-refractivity contribution in [2.45, 2.75) is 19.1 Å².